The number of aromatic nitrogens is 4. The van der Waals surface area contributed by atoms with E-state index < -0.39 is 46.6 Å². The number of ether oxygens (including phenoxy) is 1. The fraction of sp³-hybridized carbons (Fsp3) is 0.465. The zero-order valence-corrected chi connectivity index (χ0v) is 33.3. The Labute approximate surface area is 342 Å². The number of imide groups is 1. The van der Waals surface area contributed by atoms with Crippen molar-refractivity contribution in [2.45, 2.75) is 75.6 Å². The van der Waals surface area contributed by atoms with Crippen molar-refractivity contribution in [2.24, 2.45) is 13.0 Å². The van der Waals surface area contributed by atoms with Gasteiger partial charge >= 0.3 is 5.69 Å². The molecule has 14 nitrogen and oxygen atoms in total. The predicted molar refractivity (Wildman–Crippen MR) is 215 cm³/mol. The van der Waals surface area contributed by atoms with Crippen molar-refractivity contribution in [1.29, 1.82) is 0 Å². The number of amides is 3. The summed E-state index contributed by atoms with van der Waals surface area (Å²) >= 11 is 0. The minimum atomic E-state index is -1.78. The number of nitrogens with one attached hydrogen (secondary N) is 2. The Kier molecular flexibility index (Phi) is 10.4. The van der Waals surface area contributed by atoms with E-state index in [1.807, 2.05) is 22.9 Å². The first kappa shape index (κ1) is 39.8. The molecular formula is C43H47F3N8O6. The Hall–Kier alpha value is -5.68. The van der Waals surface area contributed by atoms with E-state index in [0.717, 1.165) is 92.4 Å². The number of anilines is 1. The Morgan fingerprint density at radius 2 is 1.75 bits per heavy atom. The van der Waals surface area contributed by atoms with Crippen LogP contribution >= 0.6 is 0 Å². The quantitative estimate of drug-likeness (QED) is 0.148. The maximum absolute atomic E-state index is 14.2. The first-order chi connectivity index (χ1) is 28.9. The average molecular weight is 829 g/mol. The van der Waals surface area contributed by atoms with Gasteiger partial charge in [-0.15, -0.1) is 0 Å². The van der Waals surface area contributed by atoms with Gasteiger partial charge in [0.1, 0.15) is 6.04 Å². The molecule has 0 radical (unpaired) electrons. The van der Waals surface area contributed by atoms with Crippen LogP contribution in [0.1, 0.15) is 79.4 Å². The topological polar surface area (TPSA) is 156 Å². The molecule has 17 heteroatoms. The van der Waals surface area contributed by atoms with Crippen LogP contribution in [0.4, 0.5) is 18.9 Å². The monoisotopic (exact) mass is 828 g/mol. The van der Waals surface area contributed by atoms with Gasteiger partial charge in [0.25, 0.3) is 5.91 Å². The molecule has 9 rings (SSSR count). The molecule has 0 bridgehead atoms. The zero-order valence-electron chi connectivity index (χ0n) is 33.3. The van der Waals surface area contributed by atoms with E-state index in [4.69, 9.17) is 9.84 Å². The molecule has 3 N–H and O–H groups in total. The van der Waals surface area contributed by atoms with Crippen molar-refractivity contribution in [2.75, 3.05) is 44.2 Å². The number of fused-ring (bicyclic) bond motifs is 2. The lowest BCUT2D eigenvalue weighted by Crippen LogP contribution is -2.56. The Morgan fingerprint density at radius 1 is 0.967 bits per heavy atom. The number of carbonyl (C=O) groups is 3. The molecule has 1 atom stereocenters. The van der Waals surface area contributed by atoms with Gasteiger partial charge in [-0.2, -0.15) is 9.49 Å². The summed E-state index contributed by atoms with van der Waals surface area (Å²) in [7, 11) is 1.71. The van der Waals surface area contributed by atoms with Gasteiger partial charge in [-0.05, 0) is 92.8 Å². The van der Waals surface area contributed by atoms with E-state index in [9.17, 15) is 37.5 Å². The molecular weight excluding hydrogens is 782 g/mol. The number of hydrogen-bond donors (Lipinski definition) is 3. The lowest BCUT2D eigenvalue weighted by Gasteiger charge is -2.48. The van der Waals surface area contributed by atoms with Crippen LogP contribution < -0.4 is 21.2 Å². The SMILES string of the molecule is Cn1c(=O)n(C2CCC(=O)NC2=O)c2ccc(CN3CCOC4(CCN(c5ccc6cn(C7CCC(CNC(=O)c8cc(F)c(O)c(F)c8F)CC7)nc6c5)CC4)C3)cc21. The first-order valence-electron chi connectivity index (χ1n) is 20.6. The van der Waals surface area contributed by atoms with Crippen molar-refractivity contribution in [1.82, 2.24) is 34.4 Å². The average Bonchev–Trinajstić information content (AvgIpc) is 3.78. The van der Waals surface area contributed by atoms with Gasteiger partial charge in [-0.1, -0.05) is 6.07 Å². The van der Waals surface area contributed by atoms with E-state index >= 15 is 0 Å². The van der Waals surface area contributed by atoms with Crippen molar-refractivity contribution in [3.8, 4) is 5.75 Å². The van der Waals surface area contributed by atoms with Crippen LogP contribution in [0.15, 0.2) is 53.5 Å². The number of phenolic OH excluding ortho intramolecular Hbond substituents is 1. The lowest BCUT2D eigenvalue weighted by atomic mass is 9.86. The third kappa shape index (κ3) is 7.42. The van der Waals surface area contributed by atoms with Gasteiger partial charge in [0, 0.05) is 70.0 Å². The summed E-state index contributed by atoms with van der Waals surface area (Å²) in [5, 5.41) is 20.2. The number of morpholine rings is 1. The largest absolute Gasteiger partial charge is 0.503 e. The number of halogens is 3. The number of carbonyl (C=O) groups excluding carboxylic acids is 3. The fourth-order valence-electron chi connectivity index (χ4n) is 9.63. The maximum atomic E-state index is 14.2. The highest BCUT2D eigenvalue weighted by Gasteiger charge is 2.40. The van der Waals surface area contributed by atoms with Crippen LogP contribution in [0, 0.1) is 23.4 Å². The number of aromatic hydroxyl groups is 1. The standard InChI is InChI=1S/C43H47F3N8O6/c1-50-35-18-26(4-9-33(35)54(42(50)59)34-10-11-36(55)48-41(34)58)22-51-16-17-60-43(24-51)12-14-52(15-13-43)29-8-5-27-23-53(49-32(27)19-29)28-6-2-25(3-7-28)21-47-40(57)30-20-31(44)39(56)38(46)37(30)45/h4-5,8-9,18-20,23,25,28,34,56H,2-3,6-7,10-17,21-22,24H2,1H3,(H,47,57)(H,48,55,58). The molecule has 1 unspecified atom stereocenters. The van der Waals surface area contributed by atoms with Gasteiger partial charge in [0.2, 0.25) is 17.6 Å². The molecule has 1 saturated carbocycles. The molecule has 3 saturated heterocycles. The summed E-state index contributed by atoms with van der Waals surface area (Å²) in [6.07, 6.45) is 7.55. The fourth-order valence-corrected chi connectivity index (χ4v) is 9.63. The second-order valence-corrected chi connectivity index (χ2v) is 16.9. The zero-order chi connectivity index (χ0) is 41.9. The van der Waals surface area contributed by atoms with Crippen molar-refractivity contribution in [3.63, 3.8) is 0 Å². The van der Waals surface area contributed by atoms with Crippen LogP contribution in [-0.2, 0) is 27.9 Å². The molecule has 3 aliphatic heterocycles. The van der Waals surface area contributed by atoms with Crippen molar-refractivity contribution in [3.05, 3.63) is 87.7 Å². The van der Waals surface area contributed by atoms with Crippen LogP contribution in [0.2, 0.25) is 0 Å². The van der Waals surface area contributed by atoms with E-state index in [0.29, 0.717) is 31.2 Å². The van der Waals surface area contributed by atoms with E-state index in [1.165, 1.54) is 4.57 Å². The molecule has 1 spiro atoms. The highest BCUT2D eigenvalue weighted by molar-refractivity contribution is 6.00. The molecule has 4 fully saturated rings. The van der Waals surface area contributed by atoms with Crippen molar-refractivity contribution >= 4 is 45.3 Å². The molecule has 60 heavy (non-hydrogen) atoms. The molecule has 3 aromatic carbocycles. The summed E-state index contributed by atoms with van der Waals surface area (Å²) < 4.78 is 53.3. The van der Waals surface area contributed by atoms with Gasteiger partial charge in [0.15, 0.2) is 17.4 Å². The summed E-state index contributed by atoms with van der Waals surface area (Å²) in [4.78, 5) is 54.9. The van der Waals surface area contributed by atoms with E-state index in [-0.39, 0.29) is 42.1 Å². The highest BCUT2D eigenvalue weighted by Crippen LogP contribution is 2.36. The van der Waals surface area contributed by atoms with E-state index in [2.05, 4.69) is 44.8 Å². The van der Waals surface area contributed by atoms with Crippen LogP contribution in [-0.4, -0.2) is 91.6 Å². The van der Waals surface area contributed by atoms with Crippen LogP contribution in [0.3, 0.4) is 0 Å². The minimum Gasteiger partial charge on any atom is -0.503 e. The molecule has 316 valence electrons. The third-order valence-electron chi connectivity index (χ3n) is 13.1. The number of imidazole rings is 1. The number of phenols is 1. The Morgan fingerprint density at radius 3 is 2.52 bits per heavy atom. The molecule has 1 aliphatic carbocycles. The number of hydrogen-bond acceptors (Lipinski definition) is 9. The molecule has 2 aromatic heterocycles. The molecule has 5 aromatic rings. The second-order valence-electron chi connectivity index (χ2n) is 16.9. The minimum absolute atomic E-state index is 0.118. The second kappa shape index (κ2) is 15.7. The summed E-state index contributed by atoms with van der Waals surface area (Å²) in [6.45, 7) is 4.84. The van der Waals surface area contributed by atoms with E-state index in [1.54, 1.807) is 11.6 Å². The van der Waals surface area contributed by atoms with Gasteiger partial charge in [-0.25, -0.2) is 13.6 Å². The van der Waals surface area contributed by atoms with Gasteiger partial charge in [0.05, 0.1) is 40.4 Å². The summed E-state index contributed by atoms with van der Waals surface area (Å²) in [6, 6.07) is 12.3. The van der Waals surface area contributed by atoms with Gasteiger partial charge in [-0.3, -0.25) is 38.4 Å². The van der Waals surface area contributed by atoms with Crippen molar-refractivity contribution < 1.29 is 37.4 Å². The van der Waals surface area contributed by atoms with Gasteiger partial charge < -0.3 is 20.1 Å². The number of piperidine rings is 2. The first-order valence-corrected chi connectivity index (χ1v) is 20.6. The number of benzene rings is 3. The third-order valence-corrected chi connectivity index (χ3v) is 13.1. The smallest absolute Gasteiger partial charge is 0.329 e. The number of nitrogens with zero attached hydrogens (tertiary/aromatic N) is 6. The molecule has 4 aliphatic rings. The van der Waals surface area contributed by atoms with Crippen LogP contribution in [0.25, 0.3) is 21.9 Å². The normalized spacial score (nSPS) is 22.5. The molecule has 5 heterocycles. The number of aryl methyl sites for hydroxylation is 1. The maximum Gasteiger partial charge on any atom is 0.329 e. The summed E-state index contributed by atoms with van der Waals surface area (Å²) in [5.74, 6) is -7.78. The van der Waals surface area contributed by atoms with Crippen LogP contribution in [0.5, 0.6) is 5.75 Å². The molecule has 3 amide bonds. The Balaban J connectivity index is 0.784. The number of rotatable bonds is 8. The highest BCUT2D eigenvalue weighted by atomic mass is 19.2. The summed E-state index contributed by atoms with van der Waals surface area (Å²) in [5.41, 5.74) is 3.21. The predicted octanol–water partition coefficient (Wildman–Crippen LogP) is 4.82. The lowest BCUT2D eigenvalue weighted by molar-refractivity contribution is -0.135. The Bertz CT molecular complexity index is 2570.